The third-order valence-electron chi connectivity index (χ3n) is 6.31. The van der Waals surface area contributed by atoms with Gasteiger partial charge in [0, 0.05) is 23.9 Å². The van der Waals surface area contributed by atoms with Gasteiger partial charge in [0.1, 0.15) is 18.4 Å². The molecule has 4 aromatic carbocycles. The van der Waals surface area contributed by atoms with Crippen molar-refractivity contribution in [2.45, 2.75) is 19.2 Å². The first-order valence-electron chi connectivity index (χ1n) is 12.7. The first-order chi connectivity index (χ1) is 19.9. The van der Waals surface area contributed by atoms with Gasteiger partial charge in [0.25, 0.3) is 0 Å². The Kier molecular flexibility index (Phi) is 9.41. The van der Waals surface area contributed by atoms with Gasteiger partial charge in [0.15, 0.2) is 11.5 Å². The van der Waals surface area contributed by atoms with Crippen molar-refractivity contribution >= 4 is 17.6 Å². The number of ether oxygens (including phenoxy) is 3. The van der Waals surface area contributed by atoms with E-state index in [9.17, 15) is 20.0 Å². The molecule has 4 aromatic rings. The van der Waals surface area contributed by atoms with Crippen LogP contribution in [-0.2, 0) is 17.9 Å². The van der Waals surface area contributed by atoms with Crippen LogP contribution >= 0.6 is 0 Å². The summed E-state index contributed by atoms with van der Waals surface area (Å²) in [5.74, 6) is -0.435. The van der Waals surface area contributed by atoms with Crippen LogP contribution in [0.1, 0.15) is 38.7 Å². The Labute approximate surface area is 237 Å². The number of nitriles is 1. The summed E-state index contributed by atoms with van der Waals surface area (Å²) < 4.78 is 17.2. The number of methoxy groups -OCH3 is 2. The normalized spacial score (nSPS) is 11.0. The molecule has 41 heavy (non-hydrogen) atoms. The third kappa shape index (κ3) is 7.34. The number of anilines is 1. The number of hydrogen-bond acceptors (Lipinski definition) is 8. The fourth-order valence-corrected chi connectivity index (χ4v) is 4.10. The van der Waals surface area contributed by atoms with Crippen LogP contribution in [0.2, 0.25) is 0 Å². The van der Waals surface area contributed by atoms with E-state index in [1.807, 2.05) is 30.3 Å². The van der Waals surface area contributed by atoms with Crippen molar-refractivity contribution in [3.63, 3.8) is 0 Å². The largest absolute Gasteiger partial charge is 0.545 e. The van der Waals surface area contributed by atoms with Gasteiger partial charge in [-0.05, 0) is 47.0 Å². The highest BCUT2D eigenvalue weighted by molar-refractivity contribution is 5.87. The van der Waals surface area contributed by atoms with Gasteiger partial charge in [-0.1, -0.05) is 54.6 Å². The Morgan fingerprint density at radius 3 is 2.12 bits per heavy atom. The molecular formula is C32H28N3O6-. The van der Waals surface area contributed by atoms with Crippen LogP contribution in [0.15, 0.2) is 91.0 Å². The Bertz CT molecular complexity index is 1530. The molecule has 0 aliphatic heterocycles. The molecule has 0 bridgehead atoms. The number of nitrogens with zero attached hydrogens (tertiary/aromatic N) is 1. The maximum absolute atomic E-state index is 13.7. The molecule has 0 saturated carbocycles. The fraction of sp³-hybridized carbons (Fsp3) is 0.156. The molecule has 1 unspecified atom stereocenters. The van der Waals surface area contributed by atoms with Crippen molar-refractivity contribution in [2.24, 2.45) is 0 Å². The molecule has 0 heterocycles. The summed E-state index contributed by atoms with van der Waals surface area (Å²) in [6.45, 7) is 0.393. The minimum absolute atomic E-state index is 0.0577. The minimum atomic E-state index is -1.27. The van der Waals surface area contributed by atoms with Crippen LogP contribution in [0.25, 0.3) is 0 Å². The summed E-state index contributed by atoms with van der Waals surface area (Å²) in [6, 6.07) is 26.9. The van der Waals surface area contributed by atoms with E-state index < -0.39 is 12.0 Å². The van der Waals surface area contributed by atoms with Gasteiger partial charge in [-0.3, -0.25) is 4.79 Å². The molecule has 0 saturated heterocycles. The molecule has 1 atom stereocenters. The lowest BCUT2D eigenvalue weighted by molar-refractivity contribution is -0.255. The lowest BCUT2D eigenvalue weighted by Crippen LogP contribution is -2.33. The number of benzene rings is 4. The van der Waals surface area contributed by atoms with Gasteiger partial charge in [-0.25, -0.2) is 0 Å². The summed E-state index contributed by atoms with van der Waals surface area (Å²) >= 11 is 0. The predicted octanol–water partition coefficient (Wildman–Crippen LogP) is 3.99. The zero-order valence-corrected chi connectivity index (χ0v) is 22.5. The van der Waals surface area contributed by atoms with Gasteiger partial charge in [-0.2, -0.15) is 5.26 Å². The zero-order chi connectivity index (χ0) is 29.2. The van der Waals surface area contributed by atoms with Gasteiger partial charge in [-0.15, -0.1) is 0 Å². The van der Waals surface area contributed by atoms with Crippen LogP contribution < -0.4 is 30.0 Å². The van der Waals surface area contributed by atoms with Gasteiger partial charge in [0.2, 0.25) is 5.91 Å². The van der Waals surface area contributed by atoms with E-state index in [0.29, 0.717) is 46.2 Å². The number of aromatic carboxylic acids is 1. The first kappa shape index (κ1) is 28.5. The fourth-order valence-electron chi connectivity index (χ4n) is 4.10. The van der Waals surface area contributed by atoms with E-state index in [1.165, 1.54) is 26.4 Å². The van der Waals surface area contributed by atoms with Crippen LogP contribution in [0, 0.1) is 11.3 Å². The average Bonchev–Trinajstić information content (AvgIpc) is 3.02. The monoisotopic (exact) mass is 550 g/mol. The molecule has 2 N–H and O–H groups in total. The Morgan fingerprint density at radius 1 is 0.854 bits per heavy atom. The molecule has 0 aliphatic carbocycles. The van der Waals surface area contributed by atoms with E-state index in [2.05, 4.69) is 16.7 Å². The van der Waals surface area contributed by atoms with Crippen LogP contribution in [0.3, 0.4) is 0 Å². The number of hydrogen-bond donors (Lipinski definition) is 2. The number of carbonyl (C=O) groups excluding carboxylic acids is 2. The second kappa shape index (κ2) is 13.5. The molecule has 4 rings (SSSR count). The minimum Gasteiger partial charge on any atom is -0.545 e. The summed E-state index contributed by atoms with van der Waals surface area (Å²) in [6.07, 6.45) is 0. The van der Waals surface area contributed by atoms with E-state index in [-0.39, 0.29) is 18.1 Å². The predicted molar refractivity (Wildman–Crippen MR) is 150 cm³/mol. The van der Waals surface area contributed by atoms with Gasteiger partial charge in [0.05, 0.1) is 31.8 Å². The third-order valence-corrected chi connectivity index (χ3v) is 6.31. The van der Waals surface area contributed by atoms with Crippen molar-refractivity contribution < 1.29 is 28.9 Å². The number of carbonyl (C=O) groups is 2. The first-order valence-corrected chi connectivity index (χ1v) is 12.7. The number of nitrogens with one attached hydrogen (secondary N) is 2. The number of rotatable bonds is 12. The molecule has 0 fully saturated rings. The summed E-state index contributed by atoms with van der Waals surface area (Å²) in [7, 11) is 3.00. The molecule has 0 spiro atoms. The summed E-state index contributed by atoms with van der Waals surface area (Å²) in [4.78, 5) is 24.8. The summed E-state index contributed by atoms with van der Waals surface area (Å²) in [5, 5.41) is 26.5. The highest BCUT2D eigenvalue weighted by Gasteiger charge is 2.27. The quantitative estimate of drug-likeness (QED) is 0.271. The second-order valence-corrected chi connectivity index (χ2v) is 8.99. The maximum atomic E-state index is 13.7. The molecule has 9 nitrogen and oxygen atoms in total. The van der Waals surface area contributed by atoms with Crippen LogP contribution in [-0.4, -0.2) is 26.1 Å². The van der Waals surface area contributed by atoms with Crippen molar-refractivity contribution in [1.29, 1.82) is 5.26 Å². The lowest BCUT2D eigenvalue weighted by atomic mass is 10.0. The smallest absolute Gasteiger partial charge is 0.247 e. The average molecular weight is 551 g/mol. The molecular weight excluding hydrogens is 522 g/mol. The highest BCUT2D eigenvalue weighted by Crippen LogP contribution is 2.39. The second-order valence-electron chi connectivity index (χ2n) is 8.99. The van der Waals surface area contributed by atoms with E-state index in [1.54, 1.807) is 48.5 Å². The number of carboxylic acid groups (broad SMARTS) is 1. The SMILES string of the molecule is COc1cc(OCc2ccc(C(=O)[O-])cc2)c(C(Nc2ccc(C#N)cc2)C(=O)NCc2ccccc2)cc1OC. The maximum Gasteiger partial charge on any atom is 0.247 e. The molecule has 0 radical (unpaired) electrons. The zero-order valence-electron chi connectivity index (χ0n) is 22.5. The molecule has 1 amide bonds. The lowest BCUT2D eigenvalue weighted by Gasteiger charge is -2.24. The Hall–Kier alpha value is -5.49. The standard InChI is InChI=1S/C32H29N3O6/c1-39-28-16-26(27(17-29(28)40-2)41-20-23-8-12-24(13-9-23)32(37)38)30(35-25-14-10-21(18-33)11-15-25)31(36)34-19-22-6-4-3-5-7-22/h3-17,30,35H,19-20H2,1-2H3,(H,34,36)(H,37,38)/p-1. The van der Waals surface area contributed by atoms with Crippen LogP contribution in [0.5, 0.6) is 17.2 Å². The number of carboxylic acids is 1. The Balaban J connectivity index is 1.70. The highest BCUT2D eigenvalue weighted by atomic mass is 16.5. The van der Waals surface area contributed by atoms with Crippen molar-refractivity contribution in [3.8, 4) is 23.3 Å². The van der Waals surface area contributed by atoms with Crippen molar-refractivity contribution in [1.82, 2.24) is 5.32 Å². The van der Waals surface area contributed by atoms with E-state index >= 15 is 0 Å². The van der Waals surface area contributed by atoms with E-state index in [4.69, 9.17) is 14.2 Å². The van der Waals surface area contributed by atoms with Crippen molar-refractivity contribution in [2.75, 3.05) is 19.5 Å². The van der Waals surface area contributed by atoms with Crippen molar-refractivity contribution in [3.05, 3.63) is 119 Å². The topological polar surface area (TPSA) is 133 Å². The molecule has 9 heteroatoms. The molecule has 208 valence electrons. The molecule has 0 aromatic heterocycles. The van der Waals surface area contributed by atoms with E-state index in [0.717, 1.165) is 5.56 Å². The van der Waals surface area contributed by atoms with Crippen LogP contribution in [0.4, 0.5) is 5.69 Å². The Morgan fingerprint density at radius 2 is 1.51 bits per heavy atom. The molecule has 0 aliphatic rings. The van der Waals surface area contributed by atoms with Gasteiger partial charge < -0.3 is 34.7 Å². The summed E-state index contributed by atoms with van der Waals surface area (Å²) in [5.41, 5.74) is 3.27. The number of amides is 1. The van der Waals surface area contributed by atoms with Gasteiger partial charge >= 0.3 is 0 Å².